The predicted octanol–water partition coefficient (Wildman–Crippen LogP) is 3.07. The zero-order valence-electron chi connectivity index (χ0n) is 10.6. The summed E-state index contributed by atoms with van der Waals surface area (Å²) in [7, 11) is 1.31. The van der Waals surface area contributed by atoms with E-state index in [0.717, 1.165) is 0 Å². The number of hydrogen-bond donors (Lipinski definition) is 1. The van der Waals surface area contributed by atoms with Gasteiger partial charge in [0.2, 0.25) is 0 Å². The number of nitrogens with one attached hydrogen (secondary N) is 1. The number of halogens is 2. The third-order valence-corrected chi connectivity index (χ3v) is 4.54. The molecule has 0 bridgehead atoms. The molecule has 1 aromatic carbocycles. The number of rotatable bonds is 2. The highest BCUT2D eigenvalue weighted by molar-refractivity contribution is 7.99. The molecule has 8 heteroatoms. The Balaban J connectivity index is 2.07. The minimum absolute atomic E-state index is 0.352. The van der Waals surface area contributed by atoms with E-state index in [-0.39, 0.29) is 6.03 Å². The lowest BCUT2D eigenvalue weighted by Crippen LogP contribution is -2.44. The molecule has 1 unspecified atom stereocenters. The molecule has 0 aromatic heterocycles. The lowest BCUT2D eigenvalue weighted by Gasteiger charge is -2.22. The van der Waals surface area contributed by atoms with Crippen molar-refractivity contribution in [3.05, 3.63) is 28.2 Å². The van der Waals surface area contributed by atoms with E-state index in [9.17, 15) is 9.59 Å². The number of esters is 1. The van der Waals surface area contributed by atoms with Crippen molar-refractivity contribution in [3.8, 4) is 0 Å². The molecule has 0 aliphatic carbocycles. The van der Waals surface area contributed by atoms with Crippen LogP contribution in [0.1, 0.15) is 0 Å². The standard InChI is InChI=1S/C12H12Cl2N2O3S/c1-19-11(17)10-5-20-6-16(10)12(18)15-7-2-3-8(13)9(14)4-7/h2-4,10H,5-6H2,1H3,(H,15,18). The summed E-state index contributed by atoms with van der Waals surface area (Å²) in [5.41, 5.74) is 0.518. The number of carbonyl (C=O) groups excluding carboxylic acids is 2. The average molecular weight is 335 g/mol. The zero-order valence-corrected chi connectivity index (χ0v) is 12.9. The smallest absolute Gasteiger partial charge is 0.329 e. The van der Waals surface area contributed by atoms with Gasteiger partial charge in [-0.15, -0.1) is 11.8 Å². The van der Waals surface area contributed by atoms with Gasteiger partial charge in [-0.2, -0.15) is 0 Å². The van der Waals surface area contributed by atoms with Crippen LogP contribution < -0.4 is 5.32 Å². The van der Waals surface area contributed by atoms with Crippen molar-refractivity contribution >= 4 is 52.7 Å². The monoisotopic (exact) mass is 334 g/mol. The largest absolute Gasteiger partial charge is 0.467 e. The molecular formula is C12H12Cl2N2O3S. The number of thioether (sulfide) groups is 1. The third kappa shape index (κ3) is 3.31. The summed E-state index contributed by atoms with van der Waals surface area (Å²) in [5, 5.41) is 3.45. The maximum atomic E-state index is 12.2. The summed E-state index contributed by atoms with van der Waals surface area (Å²) in [5.74, 6) is 0.549. The van der Waals surface area contributed by atoms with Gasteiger partial charge in [-0.05, 0) is 18.2 Å². The predicted molar refractivity (Wildman–Crippen MR) is 80.4 cm³/mol. The Hall–Kier alpha value is -1.11. The molecule has 1 aromatic rings. The number of anilines is 1. The van der Waals surface area contributed by atoms with E-state index in [1.54, 1.807) is 18.2 Å². The van der Waals surface area contributed by atoms with Crippen molar-refractivity contribution in [2.75, 3.05) is 24.1 Å². The van der Waals surface area contributed by atoms with Crippen LogP contribution in [0.4, 0.5) is 10.5 Å². The van der Waals surface area contributed by atoms with Crippen LogP contribution in [0.3, 0.4) is 0 Å². The van der Waals surface area contributed by atoms with E-state index < -0.39 is 12.0 Å². The van der Waals surface area contributed by atoms with Gasteiger partial charge in [0, 0.05) is 11.4 Å². The van der Waals surface area contributed by atoms with Crippen LogP contribution in [-0.2, 0) is 9.53 Å². The Labute approximate surface area is 130 Å². The first-order chi connectivity index (χ1) is 9.52. The van der Waals surface area contributed by atoms with E-state index >= 15 is 0 Å². The second-order valence-electron chi connectivity index (χ2n) is 4.07. The lowest BCUT2D eigenvalue weighted by atomic mass is 10.3. The van der Waals surface area contributed by atoms with Crippen LogP contribution >= 0.6 is 35.0 Å². The second kappa shape index (κ2) is 6.56. The van der Waals surface area contributed by atoms with Gasteiger partial charge in [0.1, 0.15) is 6.04 Å². The molecule has 1 atom stereocenters. The number of urea groups is 1. The molecule has 1 saturated heterocycles. The molecule has 20 heavy (non-hydrogen) atoms. The first-order valence-electron chi connectivity index (χ1n) is 5.71. The minimum atomic E-state index is -0.562. The topological polar surface area (TPSA) is 58.6 Å². The molecule has 5 nitrogen and oxygen atoms in total. The van der Waals surface area contributed by atoms with Gasteiger partial charge in [0.25, 0.3) is 0 Å². The lowest BCUT2D eigenvalue weighted by molar-refractivity contribution is -0.144. The van der Waals surface area contributed by atoms with E-state index in [4.69, 9.17) is 23.2 Å². The van der Waals surface area contributed by atoms with Crippen molar-refractivity contribution in [1.29, 1.82) is 0 Å². The van der Waals surface area contributed by atoms with Crippen LogP contribution in [0.2, 0.25) is 10.0 Å². The highest BCUT2D eigenvalue weighted by Crippen LogP contribution is 2.26. The van der Waals surface area contributed by atoms with E-state index in [2.05, 4.69) is 10.1 Å². The molecule has 108 valence electrons. The number of methoxy groups -OCH3 is 1. The number of hydrogen-bond acceptors (Lipinski definition) is 4. The first kappa shape index (κ1) is 15.3. The van der Waals surface area contributed by atoms with E-state index in [1.165, 1.54) is 23.8 Å². The maximum Gasteiger partial charge on any atom is 0.329 e. The van der Waals surface area contributed by atoms with Crippen molar-refractivity contribution in [1.82, 2.24) is 4.90 Å². The minimum Gasteiger partial charge on any atom is -0.467 e. The first-order valence-corrected chi connectivity index (χ1v) is 7.62. The van der Waals surface area contributed by atoms with Gasteiger partial charge in [-0.25, -0.2) is 9.59 Å². The SMILES string of the molecule is COC(=O)C1CSCN1C(=O)Nc1ccc(Cl)c(Cl)c1. The molecule has 1 heterocycles. The average Bonchev–Trinajstić information content (AvgIpc) is 2.91. The van der Waals surface area contributed by atoms with Gasteiger partial charge >= 0.3 is 12.0 Å². The fraction of sp³-hybridized carbons (Fsp3) is 0.333. The molecule has 1 N–H and O–H groups in total. The van der Waals surface area contributed by atoms with Crippen molar-refractivity contribution in [3.63, 3.8) is 0 Å². The quantitative estimate of drug-likeness (QED) is 0.844. The van der Waals surface area contributed by atoms with Crippen LogP contribution in [0.15, 0.2) is 18.2 Å². The van der Waals surface area contributed by atoms with E-state index in [1.807, 2.05) is 0 Å². The Morgan fingerprint density at radius 1 is 1.40 bits per heavy atom. The number of amides is 2. The fourth-order valence-corrected chi connectivity index (χ4v) is 3.18. The Kier molecular flexibility index (Phi) is 5.01. The molecule has 1 aliphatic rings. The number of benzene rings is 1. The third-order valence-electron chi connectivity index (χ3n) is 2.79. The molecular weight excluding hydrogens is 323 g/mol. The van der Waals surface area contributed by atoms with Crippen LogP contribution in [0.5, 0.6) is 0 Å². The molecule has 0 spiro atoms. The summed E-state index contributed by atoms with van der Waals surface area (Å²) >= 11 is 13.2. The molecule has 1 aliphatic heterocycles. The second-order valence-corrected chi connectivity index (χ2v) is 5.88. The van der Waals surface area contributed by atoms with Crippen LogP contribution in [-0.4, -0.2) is 41.7 Å². The van der Waals surface area contributed by atoms with E-state index in [0.29, 0.717) is 27.4 Å². The van der Waals surface area contributed by atoms with Gasteiger partial charge in [0.15, 0.2) is 0 Å². The normalized spacial score (nSPS) is 17.9. The summed E-state index contributed by atoms with van der Waals surface area (Å²) < 4.78 is 4.69. The van der Waals surface area contributed by atoms with Crippen molar-refractivity contribution in [2.45, 2.75) is 6.04 Å². The molecule has 0 saturated carbocycles. The van der Waals surface area contributed by atoms with Gasteiger partial charge in [-0.1, -0.05) is 23.2 Å². The molecule has 1 fully saturated rings. The number of carbonyl (C=O) groups is 2. The van der Waals surface area contributed by atoms with Gasteiger partial charge < -0.3 is 15.0 Å². The van der Waals surface area contributed by atoms with Gasteiger partial charge in [-0.3, -0.25) is 0 Å². The molecule has 2 amide bonds. The highest BCUT2D eigenvalue weighted by atomic mass is 35.5. The fourth-order valence-electron chi connectivity index (χ4n) is 1.74. The summed E-state index contributed by atoms with van der Waals surface area (Å²) in [4.78, 5) is 25.2. The molecule has 2 rings (SSSR count). The van der Waals surface area contributed by atoms with Crippen molar-refractivity contribution in [2.24, 2.45) is 0 Å². The summed E-state index contributed by atoms with van der Waals surface area (Å²) in [6, 6.07) is 3.85. The zero-order chi connectivity index (χ0) is 14.7. The number of nitrogens with zero attached hydrogens (tertiary/aromatic N) is 1. The Bertz CT molecular complexity index is 541. The maximum absolute atomic E-state index is 12.2. The molecule has 0 radical (unpaired) electrons. The Morgan fingerprint density at radius 3 is 2.80 bits per heavy atom. The highest BCUT2D eigenvalue weighted by Gasteiger charge is 2.35. The van der Waals surface area contributed by atoms with Crippen molar-refractivity contribution < 1.29 is 14.3 Å². The summed E-state index contributed by atoms with van der Waals surface area (Å²) in [6.07, 6.45) is 0. The summed E-state index contributed by atoms with van der Waals surface area (Å²) in [6.45, 7) is 0. The van der Waals surface area contributed by atoms with Gasteiger partial charge in [0.05, 0.1) is 23.0 Å². The number of ether oxygens (including phenoxy) is 1. The van der Waals surface area contributed by atoms with Crippen LogP contribution in [0, 0.1) is 0 Å². The Morgan fingerprint density at radius 2 is 2.15 bits per heavy atom. The van der Waals surface area contributed by atoms with Crippen LogP contribution in [0.25, 0.3) is 0 Å².